The zero-order valence-corrected chi connectivity index (χ0v) is 18.1. The van der Waals surface area contributed by atoms with Crippen molar-refractivity contribution in [3.63, 3.8) is 0 Å². The highest BCUT2D eigenvalue weighted by Gasteiger charge is 2.08. The maximum Gasteiger partial charge on any atom is 0.224 e. The van der Waals surface area contributed by atoms with Gasteiger partial charge < -0.3 is 10.1 Å². The number of allylic oxidation sites excluding steroid dienone is 3. The second kappa shape index (κ2) is 12.1. The van der Waals surface area contributed by atoms with Crippen LogP contribution in [0.15, 0.2) is 78.6 Å². The molecule has 0 atom stereocenters. The van der Waals surface area contributed by atoms with Crippen molar-refractivity contribution < 1.29 is 9.53 Å². The average Bonchev–Trinajstić information content (AvgIpc) is 2.68. The number of pyridine rings is 1. The molecule has 0 bridgehead atoms. The third-order valence-electron chi connectivity index (χ3n) is 3.84. The molecule has 0 aliphatic rings. The fraction of sp³-hybridized carbons (Fsp3) is 0.217. The third-order valence-corrected chi connectivity index (χ3v) is 4.56. The lowest BCUT2D eigenvalue weighted by atomic mass is 10.1. The Balaban J connectivity index is 2.14. The van der Waals surface area contributed by atoms with E-state index in [1.165, 1.54) is 0 Å². The minimum absolute atomic E-state index is 0.0155. The first-order valence-electron chi connectivity index (χ1n) is 9.17. The number of carbonyl (C=O) groups excluding carboxylic acids is 1. The van der Waals surface area contributed by atoms with Gasteiger partial charge in [-0.15, -0.1) is 6.58 Å². The number of nitrogens with zero attached hydrogens (tertiary/aromatic N) is 1. The van der Waals surface area contributed by atoms with E-state index in [1.807, 2.05) is 42.7 Å². The quantitative estimate of drug-likeness (QED) is 0.226. The number of ether oxygens (including phenoxy) is 1. The predicted octanol–water partition coefficient (Wildman–Crippen LogP) is 5.36. The topological polar surface area (TPSA) is 51.2 Å². The van der Waals surface area contributed by atoms with Gasteiger partial charge in [0, 0.05) is 35.4 Å². The molecule has 0 spiro atoms. The molecule has 152 valence electrons. The van der Waals surface area contributed by atoms with Crippen LogP contribution in [0.3, 0.4) is 0 Å². The van der Waals surface area contributed by atoms with Crippen LogP contribution in [0.25, 0.3) is 11.3 Å². The second-order valence-electron chi connectivity index (χ2n) is 6.23. The predicted molar refractivity (Wildman–Crippen MR) is 123 cm³/mol. The molecule has 29 heavy (non-hydrogen) atoms. The minimum Gasteiger partial charge on any atom is -0.443 e. The maximum absolute atomic E-state index is 12.1. The molecule has 2 rings (SSSR count). The normalized spacial score (nSPS) is 11.0. The lowest BCUT2D eigenvalue weighted by molar-refractivity contribution is -0.120. The number of benzene rings is 1. The van der Waals surface area contributed by atoms with Gasteiger partial charge in [0.1, 0.15) is 5.76 Å². The molecule has 0 unspecified atom stereocenters. The highest BCUT2D eigenvalue weighted by molar-refractivity contribution is 7.98. The van der Waals surface area contributed by atoms with Crippen LogP contribution in [0, 0.1) is 0 Å². The molecule has 0 saturated carbocycles. The molecule has 1 N–H and O–H groups in total. The Morgan fingerprint density at radius 3 is 2.83 bits per heavy atom. The Hall–Kier alpha value is -2.50. The number of amides is 1. The lowest BCUT2D eigenvalue weighted by Gasteiger charge is -2.10. The van der Waals surface area contributed by atoms with Gasteiger partial charge in [0.15, 0.2) is 0 Å². The highest BCUT2D eigenvalue weighted by atomic mass is 35.5. The van der Waals surface area contributed by atoms with E-state index in [1.54, 1.807) is 30.0 Å². The molecule has 0 aliphatic carbocycles. The molecular weight excluding hydrogens is 404 g/mol. The summed E-state index contributed by atoms with van der Waals surface area (Å²) in [6.07, 6.45) is 6.24. The summed E-state index contributed by atoms with van der Waals surface area (Å²) in [5, 5.41) is 3.30. The van der Waals surface area contributed by atoms with Crippen molar-refractivity contribution in [2.75, 3.05) is 18.6 Å². The Morgan fingerprint density at radius 2 is 2.10 bits per heavy atom. The molecule has 1 aromatic carbocycles. The molecule has 4 nitrogen and oxygen atoms in total. The van der Waals surface area contributed by atoms with Gasteiger partial charge in [-0.1, -0.05) is 48.5 Å². The first-order valence-corrected chi connectivity index (χ1v) is 10.9. The summed E-state index contributed by atoms with van der Waals surface area (Å²) in [6.45, 7) is 8.06. The summed E-state index contributed by atoms with van der Waals surface area (Å²) in [6, 6.07) is 13.4. The molecule has 1 amide bonds. The molecule has 6 heteroatoms. The van der Waals surface area contributed by atoms with Crippen LogP contribution in [0.5, 0.6) is 5.88 Å². The van der Waals surface area contributed by atoms with E-state index in [2.05, 4.69) is 23.5 Å². The summed E-state index contributed by atoms with van der Waals surface area (Å²) in [5.74, 6) is 1.98. The van der Waals surface area contributed by atoms with Crippen LogP contribution in [0.2, 0.25) is 0 Å². The van der Waals surface area contributed by atoms with Crippen LogP contribution in [0.4, 0.5) is 0 Å². The summed E-state index contributed by atoms with van der Waals surface area (Å²) in [5.41, 5.74) is 2.61. The fourth-order valence-electron chi connectivity index (χ4n) is 2.59. The number of thioether (sulfide) groups is 1. The van der Waals surface area contributed by atoms with Gasteiger partial charge in [-0.2, -0.15) is 11.8 Å². The van der Waals surface area contributed by atoms with Gasteiger partial charge in [0.05, 0.1) is 12.1 Å². The summed E-state index contributed by atoms with van der Waals surface area (Å²) in [7, 11) is 0. The molecular formula is C23H25ClN2O2S. The van der Waals surface area contributed by atoms with Gasteiger partial charge in [-0.25, -0.2) is 4.98 Å². The molecule has 0 fully saturated rings. The van der Waals surface area contributed by atoms with Gasteiger partial charge in [-0.05, 0) is 30.0 Å². The standard InChI is InChI=1S/C23H25ClN2O2S/c1-4-7-20(14-17(2)24)28-23-11-6-10-21(26-23)19-9-5-8-18(15-19)16-22(27)25-12-13-29-3/h4-6,8-11,14-15H,1-2,7,12-13,16H2,3H3,(H,25,27)/b20-14+. The number of rotatable bonds is 11. The van der Waals surface area contributed by atoms with Crippen LogP contribution in [0.1, 0.15) is 12.0 Å². The van der Waals surface area contributed by atoms with Gasteiger partial charge >= 0.3 is 0 Å². The number of halogens is 1. The number of hydrogen-bond donors (Lipinski definition) is 1. The third kappa shape index (κ3) is 8.18. The van der Waals surface area contributed by atoms with E-state index in [0.717, 1.165) is 22.6 Å². The monoisotopic (exact) mass is 428 g/mol. The molecule has 0 aliphatic heterocycles. The summed E-state index contributed by atoms with van der Waals surface area (Å²) >= 11 is 7.57. The lowest BCUT2D eigenvalue weighted by Crippen LogP contribution is -2.27. The van der Waals surface area contributed by atoms with E-state index in [0.29, 0.717) is 36.1 Å². The first-order chi connectivity index (χ1) is 14.0. The van der Waals surface area contributed by atoms with Crippen LogP contribution < -0.4 is 10.1 Å². The van der Waals surface area contributed by atoms with E-state index < -0.39 is 0 Å². The molecule has 2 aromatic rings. The zero-order valence-electron chi connectivity index (χ0n) is 16.5. The molecule has 1 aromatic heterocycles. The van der Waals surface area contributed by atoms with Crippen LogP contribution in [-0.4, -0.2) is 29.4 Å². The van der Waals surface area contributed by atoms with Crippen molar-refractivity contribution in [1.29, 1.82) is 0 Å². The number of hydrogen-bond acceptors (Lipinski definition) is 4. The largest absolute Gasteiger partial charge is 0.443 e. The number of nitrogens with one attached hydrogen (secondary N) is 1. The molecule has 1 heterocycles. The summed E-state index contributed by atoms with van der Waals surface area (Å²) in [4.78, 5) is 16.7. The van der Waals surface area contributed by atoms with E-state index >= 15 is 0 Å². The summed E-state index contributed by atoms with van der Waals surface area (Å²) < 4.78 is 5.84. The fourth-order valence-corrected chi connectivity index (χ4v) is 3.02. The van der Waals surface area contributed by atoms with E-state index in [-0.39, 0.29) is 5.91 Å². The Kier molecular flexibility index (Phi) is 9.54. The van der Waals surface area contributed by atoms with Gasteiger partial charge in [0.25, 0.3) is 0 Å². The number of aromatic nitrogens is 1. The first kappa shape index (κ1) is 22.8. The van der Waals surface area contributed by atoms with Crippen molar-refractivity contribution in [3.05, 3.63) is 84.1 Å². The Bertz CT molecular complexity index is 896. The van der Waals surface area contributed by atoms with Gasteiger partial charge in [-0.3, -0.25) is 4.79 Å². The SMILES string of the molecule is C=CC/C(=C\C(=C)Cl)Oc1cccc(-c2cccc(CC(=O)NCCSC)c2)n1. The highest BCUT2D eigenvalue weighted by Crippen LogP contribution is 2.23. The van der Waals surface area contributed by atoms with E-state index in [9.17, 15) is 4.79 Å². The smallest absolute Gasteiger partial charge is 0.224 e. The van der Waals surface area contributed by atoms with Crippen LogP contribution >= 0.6 is 23.4 Å². The molecule has 0 saturated heterocycles. The second-order valence-corrected chi connectivity index (χ2v) is 7.70. The Labute approximate surface area is 181 Å². The minimum atomic E-state index is 0.0155. The molecule has 0 radical (unpaired) electrons. The number of carbonyl (C=O) groups is 1. The van der Waals surface area contributed by atoms with Crippen molar-refractivity contribution in [2.24, 2.45) is 0 Å². The van der Waals surface area contributed by atoms with Crippen molar-refractivity contribution in [1.82, 2.24) is 10.3 Å². The van der Waals surface area contributed by atoms with Crippen molar-refractivity contribution >= 4 is 29.3 Å². The van der Waals surface area contributed by atoms with Gasteiger partial charge in [0.2, 0.25) is 11.8 Å². The van der Waals surface area contributed by atoms with Crippen molar-refractivity contribution in [3.8, 4) is 17.1 Å². The Morgan fingerprint density at radius 1 is 1.31 bits per heavy atom. The average molecular weight is 429 g/mol. The maximum atomic E-state index is 12.1. The van der Waals surface area contributed by atoms with Crippen molar-refractivity contribution in [2.45, 2.75) is 12.8 Å². The van der Waals surface area contributed by atoms with E-state index in [4.69, 9.17) is 16.3 Å². The zero-order chi connectivity index (χ0) is 21.1. The van der Waals surface area contributed by atoms with Crippen LogP contribution in [-0.2, 0) is 11.2 Å².